The molecule has 0 spiro atoms. The van der Waals surface area contributed by atoms with Crippen LogP contribution in [0.5, 0.6) is 5.75 Å². The van der Waals surface area contributed by atoms with Crippen molar-refractivity contribution in [2.45, 2.75) is 19.5 Å². The summed E-state index contributed by atoms with van der Waals surface area (Å²) in [6.45, 7) is 6.45. The molecule has 0 saturated carbocycles. The molecule has 1 N–H and O–H groups in total. The van der Waals surface area contributed by atoms with Crippen molar-refractivity contribution in [3.63, 3.8) is 0 Å². The molecule has 20 heavy (non-hydrogen) atoms. The van der Waals surface area contributed by atoms with Crippen molar-refractivity contribution in [3.8, 4) is 5.75 Å². The van der Waals surface area contributed by atoms with Crippen molar-refractivity contribution < 1.29 is 4.74 Å². The van der Waals surface area contributed by atoms with Crippen molar-refractivity contribution in [2.75, 3.05) is 26.7 Å². The first kappa shape index (κ1) is 15.5. The zero-order chi connectivity index (χ0) is 13.2. The van der Waals surface area contributed by atoms with Crippen LogP contribution < -0.4 is 10.1 Å². The number of methoxy groups -OCH3 is 1. The Balaban J connectivity index is 0.00000147. The molecule has 1 aliphatic heterocycles. The number of halogens is 1. The number of hydrogen-bond donors (Lipinski definition) is 1. The summed E-state index contributed by atoms with van der Waals surface area (Å²) in [6, 6.07) is 6.65. The van der Waals surface area contributed by atoms with Crippen molar-refractivity contribution in [3.05, 3.63) is 23.2 Å². The summed E-state index contributed by atoms with van der Waals surface area (Å²) in [4.78, 5) is 7.21. The molecule has 4 nitrogen and oxygen atoms in total. The maximum Gasteiger partial charge on any atom is 0.120 e. The Labute approximate surface area is 129 Å². The van der Waals surface area contributed by atoms with Gasteiger partial charge >= 0.3 is 0 Å². The smallest absolute Gasteiger partial charge is 0.120 e. The molecule has 1 fully saturated rings. The molecular formula is C14H20ClN3OS. The standard InChI is InChI=1S/C14H19N3OS.ClH/c1-10-8-15-5-6-17(10)9-14-16-12-4-3-11(18-2)7-13(12)19-14;/h3-4,7,10,15H,5-6,8-9H2,1-2H3;1H/t10-;/m0./s1. The van der Waals surface area contributed by atoms with E-state index in [2.05, 4.69) is 23.2 Å². The molecule has 3 rings (SSSR count). The molecule has 0 amide bonds. The number of hydrogen-bond acceptors (Lipinski definition) is 5. The second kappa shape index (κ2) is 6.72. The number of rotatable bonds is 3. The van der Waals surface area contributed by atoms with Crippen LogP contribution in [-0.2, 0) is 6.54 Å². The highest BCUT2D eigenvalue weighted by Crippen LogP contribution is 2.27. The molecule has 2 heterocycles. The molecular weight excluding hydrogens is 294 g/mol. The van der Waals surface area contributed by atoms with Gasteiger partial charge in [0.25, 0.3) is 0 Å². The number of thiazole rings is 1. The van der Waals surface area contributed by atoms with E-state index in [-0.39, 0.29) is 12.4 Å². The Morgan fingerprint density at radius 2 is 2.35 bits per heavy atom. The third-order valence-corrected chi connectivity index (χ3v) is 4.62. The quantitative estimate of drug-likeness (QED) is 0.945. The van der Waals surface area contributed by atoms with E-state index in [0.717, 1.165) is 37.4 Å². The van der Waals surface area contributed by atoms with Gasteiger partial charge in [-0.1, -0.05) is 0 Å². The first-order chi connectivity index (χ1) is 9.26. The van der Waals surface area contributed by atoms with E-state index in [4.69, 9.17) is 9.72 Å². The monoisotopic (exact) mass is 313 g/mol. The summed E-state index contributed by atoms with van der Waals surface area (Å²) >= 11 is 1.77. The van der Waals surface area contributed by atoms with Gasteiger partial charge in [0.2, 0.25) is 0 Å². The molecule has 0 radical (unpaired) electrons. The number of ether oxygens (including phenoxy) is 1. The lowest BCUT2D eigenvalue weighted by Gasteiger charge is -2.33. The van der Waals surface area contributed by atoms with Crippen molar-refractivity contribution >= 4 is 34.0 Å². The van der Waals surface area contributed by atoms with E-state index in [0.29, 0.717) is 6.04 Å². The van der Waals surface area contributed by atoms with Gasteiger partial charge in [-0.2, -0.15) is 0 Å². The molecule has 6 heteroatoms. The molecule has 1 aliphatic rings. The predicted molar refractivity (Wildman–Crippen MR) is 86.2 cm³/mol. The lowest BCUT2D eigenvalue weighted by molar-refractivity contribution is 0.165. The van der Waals surface area contributed by atoms with Crippen LogP contribution in [-0.4, -0.2) is 42.7 Å². The fourth-order valence-electron chi connectivity index (χ4n) is 2.44. The van der Waals surface area contributed by atoms with Gasteiger partial charge in [0.1, 0.15) is 10.8 Å². The van der Waals surface area contributed by atoms with E-state index in [1.54, 1.807) is 18.4 Å². The molecule has 1 atom stereocenters. The average Bonchev–Trinajstić information content (AvgIpc) is 2.82. The lowest BCUT2D eigenvalue weighted by atomic mass is 10.2. The third kappa shape index (κ3) is 3.23. The topological polar surface area (TPSA) is 37.4 Å². The summed E-state index contributed by atoms with van der Waals surface area (Å²) in [6.07, 6.45) is 0. The van der Waals surface area contributed by atoms with Crippen molar-refractivity contribution in [1.82, 2.24) is 15.2 Å². The maximum atomic E-state index is 5.26. The molecule has 0 bridgehead atoms. The molecule has 110 valence electrons. The van der Waals surface area contributed by atoms with E-state index in [9.17, 15) is 0 Å². The zero-order valence-electron chi connectivity index (χ0n) is 11.8. The van der Waals surface area contributed by atoms with Crippen molar-refractivity contribution in [1.29, 1.82) is 0 Å². The fraction of sp³-hybridized carbons (Fsp3) is 0.500. The van der Waals surface area contributed by atoms with Gasteiger partial charge in [-0.05, 0) is 25.1 Å². The van der Waals surface area contributed by atoms with Crippen molar-refractivity contribution in [2.24, 2.45) is 0 Å². The molecule has 1 saturated heterocycles. The Morgan fingerprint density at radius 3 is 3.10 bits per heavy atom. The van der Waals surface area contributed by atoms with E-state index < -0.39 is 0 Å². The highest BCUT2D eigenvalue weighted by molar-refractivity contribution is 7.18. The zero-order valence-corrected chi connectivity index (χ0v) is 13.4. The van der Waals surface area contributed by atoms with E-state index in [1.807, 2.05) is 12.1 Å². The fourth-order valence-corrected chi connectivity index (χ4v) is 3.46. The minimum atomic E-state index is 0. The van der Waals surface area contributed by atoms with Crippen LogP contribution in [0.2, 0.25) is 0 Å². The molecule has 0 aliphatic carbocycles. The Hall–Kier alpha value is -0.880. The lowest BCUT2D eigenvalue weighted by Crippen LogP contribution is -2.49. The van der Waals surface area contributed by atoms with Crippen LogP contribution in [0.15, 0.2) is 18.2 Å². The second-order valence-corrected chi connectivity index (χ2v) is 6.08. The van der Waals surface area contributed by atoms with Gasteiger partial charge in [0.05, 0.1) is 23.9 Å². The van der Waals surface area contributed by atoms with Gasteiger partial charge in [0, 0.05) is 25.7 Å². The highest BCUT2D eigenvalue weighted by atomic mass is 35.5. The first-order valence-electron chi connectivity index (χ1n) is 6.64. The largest absolute Gasteiger partial charge is 0.497 e. The Kier molecular flexibility index (Phi) is 5.21. The summed E-state index contributed by atoms with van der Waals surface area (Å²) in [5, 5.41) is 4.61. The van der Waals surface area contributed by atoms with Crippen LogP contribution in [0, 0.1) is 0 Å². The van der Waals surface area contributed by atoms with Crippen LogP contribution >= 0.6 is 23.7 Å². The molecule has 2 aromatic rings. The number of nitrogens with zero attached hydrogens (tertiary/aromatic N) is 2. The molecule has 1 aromatic carbocycles. The normalized spacial score (nSPS) is 19.8. The summed E-state index contributed by atoms with van der Waals surface area (Å²) in [5.74, 6) is 0.901. The van der Waals surface area contributed by atoms with Gasteiger partial charge in [-0.3, -0.25) is 4.90 Å². The summed E-state index contributed by atoms with van der Waals surface area (Å²) < 4.78 is 6.46. The Bertz CT molecular complexity index is 575. The van der Waals surface area contributed by atoms with Crippen LogP contribution in [0.3, 0.4) is 0 Å². The van der Waals surface area contributed by atoms with Crippen LogP contribution in [0.4, 0.5) is 0 Å². The minimum absolute atomic E-state index is 0. The van der Waals surface area contributed by atoms with E-state index in [1.165, 1.54) is 9.71 Å². The third-order valence-electron chi connectivity index (χ3n) is 3.62. The summed E-state index contributed by atoms with van der Waals surface area (Å²) in [7, 11) is 1.70. The molecule has 1 aromatic heterocycles. The van der Waals surface area contributed by atoms with Gasteiger partial charge < -0.3 is 10.1 Å². The van der Waals surface area contributed by atoms with Gasteiger partial charge in [-0.25, -0.2) is 4.98 Å². The van der Waals surface area contributed by atoms with Crippen LogP contribution in [0.1, 0.15) is 11.9 Å². The summed E-state index contributed by atoms with van der Waals surface area (Å²) in [5.41, 5.74) is 1.07. The second-order valence-electron chi connectivity index (χ2n) is 4.96. The number of fused-ring (bicyclic) bond motifs is 1. The van der Waals surface area contributed by atoms with Gasteiger partial charge in [-0.15, -0.1) is 23.7 Å². The number of piperazine rings is 1. The van der Waals surface area contributed by atoms with Crippen LogP contribution in [0.25, 0.3) is 10.2 Å². The van der Waals surface area contributed by atoms with E-state index >= 15 is 0 Å². The molecule has 0 unspecified atom stereocenters. The maximum absolute atomic E-state index is 5.26. The Morgan fingerprint density at radius 1 is 1.50 bits per heavy atom. The first-order valence-corrected chi connectivity index (χ1v) is 7.46. The highest BCUT2D eigenvalue weighted by Gasteiger charge is 2.19. The SMILES string of the molecule is COc1ccc2nc(CN3CCNC[C@@H]3C)sc2c1.Cl. The average molecular weight is 314 g/mol. The number of nitrogens with one attached hydrogen (secondary N) is 1. The predicted octanol–water partition coefficient (Wildman–Crippen LogP) is 2.52. The number of benzene rings is 1. The van der Waals surface area contributed by atoms with Gasteiger partial charge in [0.15, 0.2) is 0 Å². The minimum Gasteiger partial charge on any atom is -0.497 e. The number of aromatic nitrogens is 1.